The van der Waals surface area contributed by atoms with Crippen LogP contribution in [0.5, 0.6) is 0 Å². The van der Waals surface area contributed by atoms with E-state index in [1.807, 2.05) is 0 Å². The summed E-state index contributed by atoms with van der Waals surface area (Å²) in [6, 6.07) is 4.97. The van der Waals surface area contributed by atoms with Gasteiger partial charge in [0.2, 0.25) is 0 Å². The number of aliphatic hydroxyl groups is 1. The Balaban J connectivity index is 2.42. The topological polar surface area (TPSA) is 79.4 Å². The number of nitrogens with zero attached hydrogens (tertiary/aromatic N) is 2. The smallest absolute Gasteiger partial charge is 0.257 e. The van der Waals surface area contributed by atoms with Gasteiger partial charge in [-0.2, -0.15) is 0 Å². The number of rotatable bonds is 1. The lowest BCUT2D eigenvalue weighted by Gasteiger charge is -2.20. The van der Waals surface area contributed by atoms with Crippen LogP contribution < -0.4 is 10.6 Å². The van der Waals surface area contributed by atoms with Crippen molar-refractivity contribution in [2.24, 2.45) is 0 Å². The van der Waals surface area contributed by atoms with Gasteiger partial charge in [-0.05, 0) is 31.6 Å². The average Bonchev–Trinajstić information content (AvgIpc) is 2.44. The van der Waals surface area contributed by atoms with E-state index in [9.17, 15) is 9.90 Å². The number of hydrogen-bond donors (Lipinski definition) is 2. The van der Waals surface area contributed by atoms with Crippen molar-refractivity contribution < 1.29 is 9.90 Å². The van der Waals surface area contributed by atoms with Crippen molar-refractivity contribution in [1.82, 2.24) is 4.98 Å². The van der Waals surface area contributed by atoms with E-state index in [2.05, 4.69) is 4.98 Å². The lowest BCUT2D eigenvalue weighted by Crippen LogP contribution is -2.35. The van der Waals surface area contributed by atoms with Gasteiger partial charge in [-0.15, -0.1) is 0 Å². The summed E-state index contributed by atoms with van der Waals surface area (Å²) in [5, 5.41) is 9.91. The average molecular weight is 219 g/mol. The fourth-order valence-electron chi connectivity index (χ4n) is 1.65. The van der Waals surface area contributed by atoms with E-state index in [0.717, 1.165) is 0 Å². The minimum atomic E-state index is -0.943. The molecule has 1 aromatic rings. The summed E-state index contributed by atoms with van der Waals surface area (Å²) in [7, 11) is 0. The molecule has 0 aromatic carbocycles. The molecule has 2 rings (SSSR count). The molecule has 2 heterocycles. The zero-order chi connectivity index (χ0) is 11.9. The molecule has 16 heavy (non-hydrogen) atoms. The summed E-state index contributed by atoms with van der Waals surface area (Å²) in [4.78, 5) is 17.1. The second kappa shape index (κ2) is 3.61. The van der Waals surface area contributed by atoms with Crippen LogP contribution in [0.4, 0.5) is 11.6 Å². The third kappa shape index (κ3) is 1.45. The van der Waals surface area contributed by atoms with Gasteiger partial charge < -0.3 is 10.8 Å². The van der Waals surface area contributed by atoms with Crippen molar-refractivity contribution >= 4 is 17.5 Å². The number of aromatic nitrogens is 1. The van der Waals surface area contributed by atoms with Crippen LogP contribution in [-0.4, -0.2) is 22.2 Å². The number of carbonyl (C=O) groups excluding carboxylic acids is 1. The van der Waals surface area contributed by atoms with Gasteiger partial charge in [-0.25, -0.2) is 4.98 Å². The molecule has 1 amide bonds. The molecule has 0 saturated carbocycles. The maximum absolute atomic E-state index is 11.9. The molecule has 0 aliphatic carbocycles. The maximum atomic E-state index is 11.9. The van der Waals surface area contributed by atoms with Crippen LogP contribution in [0.3, 0.4) is 0 Å². The molecular formula is C11H13N3O2. The lowest BCUT2D eigenvalue weighted by molar-refractivity contribution is -0.115. The quantitative estimate of drug-likeness (QED) is 0.727. The van der Waals surface area contributed by atoms with Crippen molar-refractivity contribution in [3.63, 3.8) is 0 Å². The first kappa shape index (κ1) is 10.6. The van der Waals surface area contributed by atoms with E-state index in [0.29, 0.717) is 22.8 Å². The lowest BCUT2D eigenvalue weighted by atomic mass is 10.2. The van der Waals surface area contributed by atoms with Crippen LogP contribution in [0.2, 0.25) is 0 Å². The molecule has 5 heteroatoms. The molecule has 5 nitrogen and oxygen atoms in total. The molecule has 84 valence electrons. The molecule has 0 fully saturated rings. The van der Waals surface area contributed by atoms with E-state index >= 15 is 0 Å². The number of anilines is 2. The summed E-state index contributed by atoms with van der Waals surface area (Å²) in [6.45, 7) is 3.41. The third-order valence-electron chi connectivity index (χ3n) is 2.77. The second-order valence-corrected chi connectivity index (χ2v) is 3.78. The predicted molar refractivity (Wildman–Crippen MR) is 60.5 cm³/mol. The molecule has 1 atom stereocenters. The largest absolute Gasteiger partial charge is 0.384 e. The van der Waals surface area contributed by atoms with Crippen molar-refractivity contribution in [3.8, 4) is 0 Å². The molecule has 3 N–H and O–H groups in total. The van der Waals surface area contributed by atoms with E-state index in [-0.39, 0.29) is 5.91 Å². The van der Waals surface area contributed by atoms with Crippen LogP contribution in [0, 0.1) is 0 Å². The molecule has 0 saturated heterocycles. The van der Waals surface area contributed by atoms with Gasteiger partial charge in [0, 0.05) is 5.57 Å². The highest BCUT2D eigenvalue weighted by atomic mass is 16.3. The number of nitrogen functional groups attached to an aromatic ring is 1. The highest BCUT2D eigenvalue weighted by Gasteiger charge is 2.35. The summed E-state index contributed by atoms with van der Waals surface area (Å²) >= 11 is 0. The van der Waals surface area contributed by atoms with Gasteiger partial charge >= 0.3 is 0 Å². The van der Waals surface area contributed by atoms with Gasteiger partial charge in [-0.1, -0.05) is 6.07 Å². The number of nitrogens with two attached hydrogens (primary N) is 1. The normalized spacial score (nSPS) is 20.8. The summed E-state index contributed by atoms with van der Waals surface area (Å²) in [5.41, 5.74) is 6.74. The number of carbonyl (C=O) groups is 1. The highest BCUT2D eigenvalue weighted by Crippen LogP contribution is 2.28. The van der Waals surface area contributed by atoms with Crippen LogP contribution in [0.1, 0.15) is 13.8 Å². The first-order valence-electron chi connectivity index (χ1n) is 4.94. The Bertz CT molecular complexity index is 482. The fourth-order valence-corrected chi connectivity index (χ4v) is 1.65. The molecule has 1 aliphatic heterocycles. The monoisotopic (exact) mass is 219 g/mol. The Morgan fingerprint density at radius 3 is 2.62 bits per heavy atom. The third-order valence-corrected chi connectivity index (χ3v) is 2.77. The van der Waals surface area contributed by atoms with Crippen LogP contribution in [-0.2, 0) is 4.79 Å². The van der Waals surface area contributed by atoms with Gasteiger partial charge in [-0.3, -0.25) is 9.69 Å². The predicted octanol–water partition coefficient (Wildman–Crippen LogP) is 0.665. The molecule has 0 radical (unpaired) electrons. The Kier molecular flexibility index (Phi) is 2.40. The summed E-state index contributed by atoms with van der Waals surface area (Å²) in [6.07, 6.45) is -0.943. The van der Waals surface area contributed by atoms with Crippen molar-refractivity contribution in [1.29, 1.82) is 0 Å². The van der Waals surface area contributed by atoms with Crippen LogP contribution in [0.25, 0.3) is 0 Å². The van der Waals surface area contributed by atoms with E-state index in [1.54, 1.807) is 32.0 Å². The zero-order valence-corrected chi connectivity index (χ0v) is 9.14. The molecule has 1 aliphatic rings. The SMILES string of the molecule is CC1=C(C)C(O)N(c2cccc(N)n2)C1=O. The van der Waals surface area contributed by atoms with Crippen molar-refractivity contribution in [3.05, 3.63) is 29.3 Å². The number of hydrogen-bond acceptors (Lipinski definition) is 4. The number of aliphatic hydroxyl groups excluding tert-OH is 1. The summed E-state index contributed by atoms with van der Waals surface area (Å²) in [5.74, 6) is 0.455. The maximum Gasteiger partial charge on any atom is 0.257 e. The first-order valence-corrected chi connectivity index (χ1v) is 4.94. The van der Waals surface area contributed by atoms with Gasteiger partial charge in [0.25, 0.3) is 5.91 Å². The minimum Gasteiger partial charge on any atom is -0.384 e. The van der Waals surface area contributed by atoms with Gasteiger partial charge in [0.15, 0.2) is 6.23 Å². The van der Waals surface area contributed by atoms with Gasteiger partial charge in [0.05, 0.1) is 0 Å². The number of pyridine rings is 1. The summed E-state index contributed by atoms with van der Waals surface area (Å²) < 4.78 is 0. The second-order valence-electron chi connectivity index (χ2n) is 3.78. The molecule has 1 unspecified atom stereocenters. The van der Waals surface area contributed by atoms with Crippen LogP contribution >= 0.6 is 0 Å². The molecule has 0 spiro atoms. The highest BCUT2D eigenvalue weighted by molar-refractivity contribution is 6.08. The first-order chi connectivity index (χ1) is 7.52. The molecule has 1 aromatic heterocycles. The Labute approximate surface area is 93.2 Å². The fraction of sp³-hybridized carbons (Fsp3) is 0.273. The van der Waals surface area contributed by atoms with E-state index in [4.69, 9.17) is 5.73 Å². The van der Waals surface area contributed by atoms with E-state index < -0.39 is 6.23 Å². The van der Waals surface area contributed by atoms with Crippen molar-refractivity contribution in [2.75, 3.05) is 10.6 Å². The van der Waals surface area contributed by atoms with Crippen molar-refractivity contribution in [2.45, 2.75) is 20.1 Å². The Hall–Kier alpha value is -1.88. The van der Waals surface area contributed by atoms with Gasteiger partial charge in [0.1, 0.15) is 11.6 Å². The molecular weight excluding hydrogens is 206 g/mol. The Morgan fingerprint density at radius 2 is 2.12 bits per heavy atom. The van der Waals surface area contributed by atoms with E-state index in [1.165, 1.54) is 4.90 Å². The van der Waals surface area contributed by atoms with Crippen LogP contribution in [0.15, 0.2) is 29.3 Å². The Morgan fingerprint density at radius 1 is 1.44 bits per heavy atom. The minimum absolute atomic E-state index is 0.233. The number of amides is 1. The molecule has 0 bridgehead atoms. The standard InChI is InChI=1S/C11H13N3O2/c1-6-7(2)11(16)14(10(6)15)9-5-3-4-8(12)13-9/h3-5,10,15H,1-2H3,(H2,12,13). The zero-order valence-electron chi connectivity index (χ0n) is 9.14.